The number of rotatable bonds is 4. The third kappa shape index (κ3) is 3.70. The predicted molar refractivity (Wildman–Crippen MR) is 153 cm³/mol. The Labute approximate surface area is 227 Å². The summed E-state index contributed by atoms with van der Waals surface area (Å²) in [6, 6.07) is 16.1. The lowest BCUT2D eigenvalue weighted by Gasteiger charge is -2.39. The zero-order valence-corrected chi connectivity index (χ0v) is 22.1. The van der Waals surface area contributed by atoms with Gasteiger partial charge in [0.2, 0.25) is 0 Å². The number of fused-ring (bicyclic) bond motifs is 2. The van der Waals surface area contributed by atoms with Gasteiger partial charge < -0.3 is 20.0 Å². The number of thiazole rings is 2. The quantitative estimate of drug-likeness (QED) is 0.249. The molecule has 1 saturated carbocycles. The Kier molecular flexibility index (Phi) is 5.48. The van der Waals surface area contributed by atoms with Crippen molar-refractivity contribution >= 4 is 65.9 Å². The Hall–Kier alpha value is -3.76. The van der Waals surface area contributed by atoms with Crippen molar-refractivity contribution in [3.8, 4) is 0 Å². The standard InChI is InChI=1S/C28H26N6O2S2/c29-25-23(27-31-17-5-1-3-7-21(17)37-27)19(35)13-33(25)15-9-11-16(12-10-15)34-14-20(36)24(26(34)30)28-32-18-6-2-4-8-22(18)38-28/h1-8,15-16,29-30,35-36H,9-14H2. The molecule has 4 aromatic rings. The highest BCUT2D eigenvalue weighted by molar-refractivity contribution is 7.20. The number of benzene rings is 2. The summed E-state index contributed by atoms with van der Waals surface area (Å²) in [4.78, 5) is 13.4. The van der Waals surface area contributed by atoms with Gasteiger partial charge in [-0.1, -0.05) is 24.3 Å². The van der Waals surface area contributed by atoms with Crippen LogP contribution in [0.4, 0.5) is 0 Å². The third-order valence-corrected chi connectivity index (χ3v) is 9.94. The first-order valence-corrected chi connectivity index (χ1v) is 14.4. The van der Waals surface area contributed by atoms with Crippen molar-refractivity contribution in [1.82, 2.24) is 19.8 Å². The van der Waals surface area contributed by atoms with E-state index in [-0.39, 0.29) is 23.6 Å². The first-order valence-electron chi connectivity index (χ1n) is 12.7. The van der Waals surface area contributed by atoms with E-state index in [1.54, 1.807) is 0 Å². The van der Waals surface area contributed by atoms with E-state index in [1.165, 1.54) is 22.7 Å². The summed E-state index contributed by atoms with van der Waals surface area (Å²) in [5.74, 6) is 1.12. The molecule has 3 aliphatic rings. The van der Waals surface area contributed by atoms with Gasteiger partial charge in [0.25, 0.3) is 0 Å². The van der Waals surface area contributed by atoms with Crippen LogP contribution in [0.2, 0.25) is 0 Å². The van der Waals surface area contributed by atoms with Crippen LogP contribution in [-0.4, -0.2) is 66.8 Å². The Morgan fingerprint density at radius 2 is 1.05 bits per heavy atom. The monoisotopic (exact) mass is 542 g/mol. The summed E-state index contributed by atoms with van der Waals surface area (Å²) in [6.07, 6.45) is 3.42. The molecule has 0 atom stereocenters. The Morgan fingerprint density at radius 1 is 0.658 bits per heavy atom. The fraction of sp³-hybridized carbons (Fsp3) is 0.286. The molecule has 7 rings (SSSR count). The van der Waals surface area contributed by atoms with Gasteiger partial charge in [-0.25, -0.2) is 9.97 Å². The summed E-state index contributed by atoms with van der Waals surface area (Å²) >= 11 is 3.02. The van der Waals surface area contributed by atoms with Gasteiger partial charge in [0.15, 0.2) is 0 Å². The van der Waals surface area contributed by atoms with Gasteiger partial charge in [0.05, 0.1) is 44.7 Å². The van der Waals surface area contributed by atoms with Gasteiger partial charge in [0.1, 0.15) is 33.2 Å². The minimum atomic E-state index is 0.148. The molecule has 0 unspecified atom stereocenters. The molecule has 10 heteroatoms. The summed E-state index contributed by atoms with van der Waals surface area (Å²) in [5.41, 5.74) is 2.86. The molecule has 4 heterocycles. The van der Waals surface area contributed by atoms with E-state index < -0.39 is 0 Å². The van der Waals surface area contributed by atoms with Crippen LogP contribution in [0.1, 0.15) is 35.7 Å². The number of aliphatic hydroxyl groups is 2. The molecular formula is C28H26N6O2S2. The maximum atomic E-state index is 10.8. The minimum Gasteiger partial charge on any atom is -0.510 e. The van der Waals surface area contributed by atoms with E-state index >= 15 is 0 Å². The molecule has 0 radical (unpaired) electrons. The summed E-state index contributed by atoms with van der Waals surface area (Å²) < 4.78 is 2.09. The molecule has 2 aromatic carbocycles. The smallest absolute Gasteiger partial charge is 0.135 e. The fourth-order valence-electron chi connectivity index (χ4n) is 5.91. The normalized spacial score (nSPS) is 22.6. The number of hydrogen-bond donors (Lipinski definition) is 4. The van der Waals surface area contributed by atoms with Gasteiger partial charge in [-0.2, -0.15) is 0 Å². The highest BCUT2D eigenvalue weighted by Gasteiger charge is 2.40. The second-order valence-electron chi connectivity index (χ2n) is 10.0. The minimum absolute atomic E-state index is 0.148. The topological polar surface area (TPSA) is 120 Å². The number of para-hydroxylation sites is 2. The van der Waals surface area contributed by atoms with Crippen molar-refractivity contribution in [2.75, 3.05) is 13.1 Å². The van der Waals surface area contributed by atoms with Crippen LogP contribution >= 0.6 is 22.7 Å². The molecule has 8 nitrogen and oxygen atoms in total. The number of nitrogens with one attached hydrogen (secondary N) is 2. The summed E-state index contributed by atoms with van der Waals surface area (Å²) in [7, 11) is 0. The summed E-state index contributed by atoms with van der Waals surface area (Å²) in [5, 5.41) is 40.7. The van der Waals surface area contributed by atoms with Crippen LogP contribution in [0, 0.1) is 10.8 Å². The number of amidine groups is 2. The molecule has 0 saturated heterocycles. The summed E-state index contributed by atoms with van der Waals surface area (Å²) in [6.45, 7) is 0.673. The van der Waals surface area contributed by atoms with Crippen LogP contribution in [-0.2, 0) is 0 Å². The first-order chi connectivity index (χ1) is 18.5. The van der Waals surface area contributed by atoms with Crippen LogP contribution in [0.5, 0.6) is 0 Å². The van der Waals surface area contributed by atoms with Crippen molar-refractivity contribution < 1.29 is 10.2 Å². The molecule has 192 valence electrons. The van der Waals surface area contributed by atoms with Gasteiger partial charge in [0, 0.05) is 12.1 Å². The van der Waals surface area contributed by atoms with Crippen molar-refractivity contribution in [2.45, 2.75) is 37.8 Å². The van der Waals surface area contributed by atoms with Crippen LogP contribution in [0.15, 0.2) is 60.0 Å². The molecule has 2 aliphatic heterocycles. The average Bonchev–Trinajstić information content (AvgIpc) is 3.67. The second kappa shape index (κ2) is 8.92. The second-order valence-corrected chi connectivity index (χ2v) is 12.1. The number of nitrogens with zero attached hydrogens (tertiary/aromatic N) is 4. The molecule has 4 N–H and O–H groups in total. The molecule has 0 spiro atoms. The fourth-order valence-corrected chi connectivity index (χ4v) is 7.98. The third-order valence-electron chi connectivity index (χ3n) is 7.83. The molecule has 1 fully saturated rings. The van der Waals surface area contributed by atoms with Gasteiger partial charge >= 0.3 is 0 Å². The highest BCUT2D eigenvalue weighted by Crippen LogP contribution is 2.39. The number of hydrogen-bond acceptors (Lipinski definition) is 8. The molecular weight excluding hydrogens is 516 g/mol. The SMILES string of the molecule is N=C1C(c2nc3ccccc3s2)=C(O)CN1C1CCC(N2CC(O)=C(c3nc4ccccc4s3)C2=N)CC1. The Balaban J connectivity index is 1.03. The van der Waals surface area contributed by atoms with E-state index in [9.17, 15) is 10.2 Å². The lowest BCUT2D eigenvalue weighted by Crippen LogP contribution is -2.45. The lowest BCUT2D eigenvalue weighted by atomic mass is 9.89. The largest absolute Gasteiger partial charge is 0.510 e. The van der Waals surface area contributed by atoms with Crippen LogP contribution in [0.3, 0.4) is 0 Å². The molecule has 38 heavy (non-hydrogen) atoms. The van der Waals surface area contributed by atoms with Crippen molar-refractivity contribution in [2.24, 2.45) is 0 Å². The number of aliphatic hydroxyl groups excluding tert-OH is 2. The maximum absolute atomic E-state index is 10.8. The zero-order valence-electron chi connectivity index (χ0n) is 20.5. The zero-order chi connectivity index (χ0) is 26.0. The van der Waals surface area contributed by atoms with Gasteiger partial charge in [-0.05, 0) is 49.9 Å². The highest BCUT2D eigenvalue weighted by atomic mass is 32.1. The van der Waals surface area contributed by atoms with Crippen molar-refractivity contribution in [1.29, 1.82) is 10.8 Å². The Bertz CT molecular complexity index is 1490. The van der Waals surface area contributed by atoms with E-state index in [0.29, 0.717) is 45.9 Å². The lowest BCUT2D eigenvalue weighted by molar-refractivity contribution is 0.175. The van der Waals surface area contributed by atoms with E-state index in [1.807, 2.05) is 58.3 Å². The Morgan fingerprint density at radius 3 is 1.45 bits per heavy atom. The number of aromatic nitrogens is 2. The van der Waals surface area contributed by atoms with Crippen LogP contribution in [0.25, 0.3) is 31.6 Å². The van der Waals surface area contributed by atoms with E-state index in [0.717, 1.165) is 46.1 Å². The van der Waals surface area contributed by atoms with Crippen LogP contribution < -0.4 is 0 Å². The van der Waals surface area contributed by atoms with E-state index in [4.69, 9.17) is 10.8 Å². The van der Waals surface area contributed by atoms with E-state index in [2.05, 4.69) is 9.97 Å². The average molecular weight is 543 g/mol. The molecule has 0 amide bonds. The van der Waals surface area contributed by atoms with Crippen molar-refractivity contribution in [3.63, 3.8) is 0 Å². The van der Waals surface area contributed by atoms with Crippen molar-refractivity contribution in [3.05, 3.63) is 70.1 Å². The molecule has 2 aromatic heterocycles. The maximum Gasteiger partial charge on any atom is 0.135 e. The first kappa shape index (κ1) is 23.4. The van der Waals surface area contributed by atoms with Gasteiger partial charge in [-0.15, -0.1) is 22.7 Å². The molecule has 0 bridgehead atoms. The predicted octanol–water partition coefficient (Wildman–Crippen LogP) is 6.04. The van der Waals surface area contributed by atoms with Gasteiger partial charge in [-0.3, -0.25) is 10.8 Å². The molecule has 1 aliphatic carbocycles.